The van der Waals surface area contributed by atoms with Gasteiger partial charge in [0.15, 0.2) is 0 Å². The van der Waals surface area contributed by atoms with E-state index in [9.17, 15) is 0 Å². The number of nitrogens with one attached hydrogen (secondary N) is 1. The zero-order chi connectivity index (χ0) is 11.8. The van der Waals surface area contributed by atoms with Crippen molar-refractivity contribution < 1.29 is 0 Å². The van der Waals surface area contributed by atoms with Gasteiger partial charge in [0.25, 0.3) is 0 Å². The number of anilines is 1. The average molecular weight is 223 g/mol. The highest BCUT2D eigenvalue weighted by Crippen LogP contribution is 2.13. The molecule has 1 heterocycles. The fraction of sp³-hybridized carbons (Fsp3) is 0.769. The van der Waals surface area contributed by atoms with Gasteiger partial charge in [0, 0.05) is 25.5 Å². The maximum atomic E-state index is 4.33. The summed E-state index contributed by atoms with van der Waals surface area (Å²) in [5.41, 5.74) is 0. The van der Waals surface area contributed by atoms with E-state index in [-0.39, 0.29) is 0 Å². The van der Waals surface area contributed by atoms with Crippen molar-refractivity contribution in [1.82, 2.24) is 9.55 Å². The quantitative estimate of drug-likeness (QED) is 0.730. The Hall–Kier alpha value is -0.990. The summed E-state index contributed by atoms with van der Waals surface area (Å²) in [6, 6.07) is 0. The van der Waals surface area contributed by atoms with Crippen LogP contribution in [0.4, 0.5) is 5.95 Å². The summed E-state index contributed by atoms with van der Waals surface area (Å²) >= 11 is 0. The number of hydrogen-bond acceptors (Lipinski definition) is 2. The highest BCUT2D eigenvalue weighted by molar-refractivity contribution is 5.25. The minimum Gasteiger partial charge on any atom is -0.355 e. The van der Waals surface area contributed by atoms with Gasteiger partial charge in [-0.15, -0.1) is 0 Å². The monoisotopic (exact) mass is 223 g/mol. The molecule has 0 aliphatic carbocycles. The lowest BCUT2D eigenvalue weighted by atomic mass is 9.99. The normalized spacial score (nSPS) is 12.7. The van der Waals surface area contributed by atoms with E-state index in [0.29, 0.717) is 0 Å². The minimum atomic E-state index is 0.780. The number of aromatic nitrogens is 2. The summed E-state index contributed by atoms with van der Waals surface area (Å²) in [6.07, 6.45) is 9.09. The molecule has 3 nitrogen and oxygen atoms in total. The van der Waals surface area contributed by atoms with Gasteiger partial charge < -0.3 is 9.88 Å². The van der Waals surface area contributed by atoms with E-state index >= 15 is 0 Å². The van der Waals surface area contributed by atoms with Crippen molar-refractivity contribution in [2.45, 2.75) is 53.0 Å². The molecule has 0 amide bonds. The van der Waals surface area contributed by atoms with Crippen LogP contribution in [0.1, 0.15) is 46.5 Å². The van der Waals surface area contributed by atoms with E-state index in [1.165, 1.54) is 25.7 Å². The van der Waals surface area contributed by atoms with Crippen LogP contribution in [0.3, 0.4) is 0 Å². The summed E-state index contributed by atoms with van der Waals surface area (Å²) in [7, 11) is 0. The Kier molecular flexibility index (Phi) is 5.98. The van der Waals surface area contributed by atoms with Crippen molar-refractivity contribution in [3.63, 3.8) is 0 Å². The van der Waals surface area contributed by atoms with Gasteiger partial charge in [0.05, 0.1) is 0 Å². The predicted octanol–water partition coefficient (Wildman–Crippen LogP) is 3.53. The average Bonchev–Trinajstić information content (AvgIpc) is 2.77. The highest BCUT2D eigenvalue weighted by Gasteiger charge is 2.07. The van der Waals surface area contributed by atoms with Crippen LogP contribution in [-0.4, -0.2) is 16.1 Å². The molecule has 0 fully saturated rings. The van der Waals surface area contributed by atoms with E-state index in [2.05, 4.69) is 35.6 Å². The van der Waals surface area contributed by atoms with Gasteiger partial charge in [-0.3, -0.25) is 0 Å². The van der Waals surface area contributed by atoms with E-state index < -0.39 is 0 Å². The van der Waals surface area contributed by atoms with Crippen LogP contribution in [0.25, 0.3) is 0 Å². The molecular formula is C13H25N3. The maximum Gasteiger partial charge on any atom is 0.202 e. The molecule has 0 aliphatic heterocycles. The Balaban J connectivity index is 2.36. The molecule has 0 radical (unpaired) electrons. The van der Waals surface area contributed by atoms with Crippen molar-refractivity contribution in [3.05, 3.63) is 12.4 Å². The van der Waals surface area contributed by atoms with E-state index in [1.807, 2.05) is 12.4 Å². The summed E-state index contributed by atoms with van der Waals surface area (Å²) in [4.78, 5) is 4.33. The summed E-state index contributed by atoms with van der Waals surface area (Å²) in [5.74, 6) is 1.79. The molecule has 0 aliphatic rings. The zero-order valence-corrected chi connectivity index (χ0v) is 10.9. The third-order valence-corrected chi connectivity index (χ3v) is 3.15. The van der Waals surface area contributed by atoms with Gasteiger partial charge in [-0.25, -0.2) is 4.98 Å². The smallest absolute Gasteiger partial charge is 0.202 e. The number of unbranched alkanes of at least 4 members (excludes halogenated alkanes) is 1. The zero-order valence-electron chi connectivity index (χ0n) is 10.9. The van der Waals surface area contributed by atoms with E-state index in [0.717, 1.165) is 25.0 Å². The van der Waals surface area contributed by atoms with Crippen LogP contribution < -0.4 is 5.32 Å². The molecular weight excluding hydrogens is 198 g/mol. The molecule has 1 rings (SSSR count). The van der Waals surface area contributed by atoms with Gasteiger partial charge in [-0.05, 0) is 19.3 Å². The van der Waals surface area contributed by atoms with Crippen LogP contribution >= 0.6 is 0 Å². The third-order valence-electron chi connectivity index (χ3n) is 3.15. The molecule has 92 valence electrons. The number of aryl methyl sites for hydroxylation is 1. The lowest BCUT2D eigenvalue weighted by molar-refractivity contribution is 0.471. The van der Waals surface area contributed by atoms with Crippen molar-refractivity contribution in [2.24, 2.45) is 5.92 Å². The molecule has 16 heavy (non-hydrogen) atoms. The second kappa shape index (κ2) is 7.31. The third kappa shape index (κ3) is 3.87. The molecule has 0 spiro atoms. The molecule has 1 N–H and O–H groups in total. The lowest BCUT2D eigenvalue weighted by Crippen LogP contribution is -2.16. The van der Waals surface area contributed by atoms with Gasteiger partial charge in [-0.1, -0.05) is 33.1 Å². The van der Waals surface area contributed by atoms with Gasteiger partial charge in [0.1, 0.15) is 0 Å². The summed E-state index contributed by atoms with van der Waals surface area (Å²) < 4.78 is 2.15. The number of rotatable bonds is 8. The first kappa shape index (κ1) is 13.1. The molecule has 0 bridgehead atoms. The molecule has 0 saturated heterocycles. The SMILES string of the molecule is CCCCC(CC)CNc1nccn1CC. The first-order valence-electron chi connectivity index (χ1n) is 6.56. The van der Waals surface area contributed by atoms with Crippen molar-refractivity contribution in [2.75, 3.05) is 11.9 Å². The van der Waals surface area contributed by atoms with Gasteiger partial charge in [-0.2, -0.15) is 0 Å². The van der Waals surface area contributed by atoms with E-state index in [1.54, 1.807) is 0 Å². The fourth-order valence-electron chi connectivity index (χ4n) is 1.91. The topological polar surface area (TPSA) is 29.9 Å². The largest absolute Gasteiger partial charge is 0.355 e. The standard InChI is InChI=1S/C13H25N3/c1-4-7-8-12(5-2)11-15-13-14-9-10-16(13)6-3/h9-10,12H,4-8,11H2,1-3H3,(H,14,15). The number of hydrogen-bond donors (Lipinski definition) is 1. The number of nitrogens with zero attached hydrogens (tertiary/aromatic N) is 2. The van der Waals surface area contributed by atoms with Crippen LogP contribution in [0.5, 0.6) is 0 Å². The Morgan fingerprint density at radius 1 is 1.38 bits per heavy atom. The Labute approximate surface area is 99.3 Å². The molecule has 1 unspecified atom stereocenters. The fourth-order valence-corrected chi connectivity index (χ4v) is 1.91. The van der Waals surface area contributed by atoms with Crippen molar-refractivity contribution in [3.8, 4) is 0 Å². The van der Waals surface area contributed by atoms with Crippen molar-refractivity contribution >= 4 is 5.95 Å². The van der Waals surface area contributed by atoms with Crippen LogP contribution in [0.15, 0.2) is 12.4 Å². The summed E-state index contributed by atoms with van der Waals surface area (Å²) in [5, 5.41) is 3.46. The van der Waals surface area contributed by atoms with E-state index in [4.69, 9.17) is 0 Å². The van der Waals surface area contributed by atoms with Crippen LogP contribution in [0, 0.1) is 5.92 Å². The second-order valence-corrected chi connectivity index (χ2v) is 4.33. The van der Waals surface area contributed by atoms with Gasteiger partial charge >= 0.3 is 0 Å². The first-order chi connectivity index (χ1) is 7.81. The number of imidazole rings is 1. The molecule has 0 aromatic carbocycles. The highest BCUT2D eigenvalue weighted by atomic mass is 15.2. The molecule has 0 saturated carbocycles. The Morgan fingerprint density at radius 3 is 2.81 bits per heavy atom. The van der Waals surface area contributed by atoms with Gasteiger partial charge in [0.2, 0.25) is 5.95 Å². The second-order valence-electron chi connectivity index (χ2n) is 4.33. The molecule has 1 atom stereocenters. The van der Waals surface area contributed by atoms with Crippen molar-refractivity contribution in [1.29, 1.82) is 0 Å². The Morgan fingerprint density at radius 2 is 2.19 bits per heavy atom. The Bertz CT molecular complexity index is 280. The molecule has 1 aromatic heterocycles. The lowest BCUT2D eigenvalue weighted by Gasteiger charge is -2.16. The maximum absolute atomic E-state index is 4.33. The first-order valence-corrected chi connectivity index (χ1v) is 6.56. The van der Waals surface area contributed by atoms with Crippen LogP contribution in [-0.2, 0) is 6.54 Å². The van der Waals surface area contributed by atoms with Crippen LogP contribution in [0.2, 0.25) is 0 Å². The minimum absolute atomic E-state index is 0.780. The predicted molar refractivity (Wildman–Crippen MR) is 69.7 cm³/mol. The molecule has 1 aromatic rings. The molecule has 3 heteroatoms. The summed E-state index contributed by atoms with van der Waals surface area (Å²) in [6.45, 7) is 8.70.